The average molecular weight is 261 g/mol. The molecule has 0 atom stereocenters. The van der Waals surface area contributed by atoms with Gasteiger partial charge in [0.1, 0.15) is 5.82 Å². The van der Waals surface area contributed by atoms with Crippen LogP contribution < -0.4 is 16.2 Å². The van der Waals surface area contributed by atoms with Crippen LogP contribution in [-0.4, -0.2) is 20.9 Å². The summed E-state index contributed by atoms with van der Waals surface area (Å²) in [6.07, 6.45) is -0.128. The van der Waals surface area contributed by atoms with E-state index in [9.17, 15) is 17.6 Å². The molecule has 17 heavy (non-hydrogen) atoms. The van der Waals surface area contributed by atoms with Crippen molar-refractivity contribution in [1.29, 1.82) is 0 Å². The minimum atomic E-state index is -3.85. The van der Waals surface area contributed by atoms with Crippen molar-refractivity contribution in [1.82, 2.24) is 4.72 Å². The molecule has 6 nitrogen and oxygen atoms in total. The van der Waals surface area contributed by atoms with Gasteiger partial charge < -0.3 is 11.5 Å². The van der Waals surface area contributed by atoms with Crippen LogP contribution in [0.25, 0.3) is 0 Å². The van der Waals surface area contributed by atoms with E-state index in [2.05, 4.69) is 4.72 Å². The van der Waals surface area contributed by atoms with Gasteiger partial charge in [0.15, 0.2) is 0 Å². The number of hydrogen-bond acceptors (Lipinski definition) is 4. The number of sulfonamides is 1. The summed E-state index contributed by atoms with van der Waals surface area (Å²) >= 11 is 0. The van der Waals surface area contributed by atoms with Crippen molar-refractivity contribution in [2.75, 3.05) is 12.3 Å². The largest absolute Gasteiger partial charge is 0.396 e. The number of nitrogen functional groups attached to an aromatic ring is 1. The Kier molecular flexibility index (Phi) is 4.02. The topological polar surface area (TPSA) is 115 Å². The fourth-order valence-corrected chi connectivity index (χ4v) is 2.11. The van der Waals surface area contributed by atoms with E-state index in [1.807, 2.05) is 0 Å². The zero-order chi connectivity index (χ0) is 13.1. The summed E-state index contributed by atoms with van der Waals surface area (Å²) < 4.78 is 38.4. The number of carbonyl (C=O) groups is 1. The molecular weight excluding hydrogens is 249 g/mol. The Morgan fingerprint density at radius 1 is 1.41 bits per heavy atom. The van der Waals surface area contributed by atoms with E-state index in [4.69, 9.17) is 11.5 Å². The first-order chi connectivity index (χ1) is 7.83. The number of nitrogens with two attached hydrogens (primary N) is 2. The highest BCUT2D eigenvalue weighted by Crippen LogP contribution is 2.15. The van der Waals surface area contributed by atoms with Gasteiger partial charge in [0, 0.05) is 13.0 Å². The molecule has 1 amide bonds. The molecule has 0 spiro atoms. The van der Waals surface area contributed by atoms with Gasteiger partial charge in [0.2, 0.25) is 15.9 Å². The third kappa shape index (κ3) is 3.68. The normalized spacial score (nSPS) is 11.4. The molecule has 0 bridgehead atoms. The number of halogens is 1. The van der Waals surface area contributed by atoms with Gasteiger partial charge in [-0.3, -0.25) is 4.79 Å². The molecule has 5 N–H and O–H groups in total. The lowest BCUT2D eigenvalue weighted by Crippen LogP contribution is -2.28. The molecule has 0 aliphatic rings. The highest BCUT2D eigenvalue weighted by atomic mass is 32.2. The molecular formula is C9H12FN3O3S. The molecule has 0 heterocycles. The first-order valence-electron chi connectivity index (χ1n) is 4.66. The Balaban J connectivity index is 2.82. The van der Waals surface area contributed by atoms with Crippen LogP contribution in [0.4, 0.5) is 10.1 Å². The van der Waals surface area contributed by atoms with E-state index in [-0.39, 0.29) is 23.5 Å². The second-order valence-corrected chi connectivity index (χ2v) is 5.06. The zero-order valence-corrected chi connectivity index (χ0v) is 9.63. The standard InChI is InChI=1S/C9H12FN3O3S/c10-7-5-6(1-2-8(7)11)17(15,16)13-4-3-9(12)14/h1-2,5,13H,3-4,11H2,(H2,12,14). The third-order valence-electron chi connectivity index (χ3n) is 1.95. The Bertz CT molecular complexity index is 530. The van der Waals surface area contributed by atoms with Gasteiger partial charge in [0.25, 0.3) is 0 Å². The maximum absolute atomic E-state index is 13.1. The smallest absolute Gasteiger partial charge is 0.240 e. The van der Waals surface area contributed by atoms with Crippen molar-refractivity contribution in [3.05, 3.63) is 24.0 Å². The van der Waals surface area contributed by atoms with Gasteiger partial charge in [-0.05, 0) is 18.2 Å². The molecule has 0 saturated heterocycles. The van der Waals surface area contributed by atoms with Crippen molar-refractivity contribution < 1.29 is 17.6 Å². The van der Waals surface area contributed by atoms with Gasteiger partial charge >= 0.3 is 0 Å². The van der Waals surface area contributed by atoms with Gasteiger partial charge in [0.05, 0.1) is 10.6 Å². The lowest BCUT2D eigenvalue weighted by atomic mass is 10.3. The van der Waals surface area contributed by atoms with E-state index in [1.54, 1.807) is 0 Å². The molecule has 0 fully saturated rings. The van der Waals surface area contributed by atoms with Gasteiger partial charge in [-0.2, -0.15) is 0 Å². The Morgan fingerprint density at radius 2 is 2.06 bits per heavy atom. The third-order valence-corrected chi connectivity index (χ3v) is 3.40. The Hall–Kier alpha value is -1.67. The molecule has 8 heteroatoms. The maximum atomic E-state index is 13.1. The van der Waals surface area contributed by atoms with Crippen molar-refractivity contribution in [2.45, 2.75) is 11.3 Å². The Morgan fingerprint density at radius 3 is 2.59 bits per heavy atom. The first kappa shape index (κ1) is 13.4. The van der Waals surface area contributed by atoms with Crippen LogP contribution in [0, 0.1) is 5.82 Å². The number of benzene rings is 1. The average Bonchev–Trinajstić information content (AvgIpc) is 2.21. The molecule has 0 aliphatic heterocycles. The van der Waals surface area contributed by atoms with Crippen LogP contribution in [0.3, 0.4) is 0 Å². The van der Waals surface area contributed by atoms with Crippen molar-refractivity contribution in [2.24, 2.45) is 5.73 Å². The van der Waals surface area contributed by atoms with E-state index in [1.165, 1.54) is 6.07 Å². The monoisotopic (exact) mass is 261 g/mol. The fourth-order valence-electron chi connectivity index (χ4n) is 1.07. The number of rotatable bonds is 5. The summed E-state index contributed by atoms with van der Waals surface area (Å²) in [7, 11) is -3.85. The van der Waals surface area contributed by atoms with Crippen LogP contribution in [0.1, 0.15) is 6.42 Å². The van der Waals surface area contributed by atoms with Crippen molar-refractivity contribution >= 4 is 21.6 Å². The van der Waals surface area contributed by atoms with Crippen LogP contribution >= 0.6 is 0 Å². The molecule has 0 aromatic heterocycles. The summed E-state index contributed by atoms with van der Waals surface area (Å²) in [4.78, 5) is 10.2. The quantitative estimate of drug-likeness (QED) is 0.623. The van der Waals surface area contributed by atoms with Crippen molar-refractivity contribution in [3.8, 4) is 0 Å². The number of amides is 1. The van der Waals surface area contributed by atoms with Crippen molar-refractivity contribution in [3.63, 3.8) is 0 Å². The van der Waals surface area contributed by atoms with E-state index in [0.29, 0.717) is 0 Å². The first-order valence-corrected chi connectivity index (χ1v) is 6.14. The second kappa shape index (κ2) is 5.11. The summed E-state index contributed by atoms with van der Waals surface area (Å²) in [5.74, 6) is -1.45. The van der Waals surface area contributed by atoms with E-state index in [0.717, 1.165) is 12.1 Å². The molecule has 94 valence electrons. The minimum absolute atomic E-state index is 0.128. The lowest BCUT2D eigenvalue weighted by Gasteiger charge is -2.06. The molecule has 1 rings (SSSR count). The zero-order valence-electron chi connectivity index (χ0n) is 8.81. The van der Waals surface area contributed by atoms with Crippen LogP contribution in [0.2, 0.25) is 0 Å². The predicted octanol–water partition coefficient (Wildman–Crippen LogP) is -0.438. The number of primary amides is 1. The number of anilines is 1. The molecule has 1 aromatic carbocycles. The maximum Gasteiger partial charge on any atom is 0.240 e. The lowest BCUT2D eigenvalue weighted by molar-refractivity contribution is -0.117. The number of hydrogen-bond donors (Lipinski definition) is 3. The summed E-state index contributed by atoms with van der Waals surface area (Å²) in [5.41, 5.74) is 9.94. The Labute approximate surface area is 97.8 Å². The summed E-state index contributed by atoms with van der Waals surface area (Å²) in [6.45, 7) is -0.135. The molecule has 0 radical (unpaired) electrons. The highest BCUT2D eigenvalue weighted by Gasteiger charge is 2.15. The molecule has 1 aromatic rings. The SMILES string of the molecule is NC(=O)CCNS(=O)(=O)c1ccc(N)c(F)c1. The molecule has 0 saturated carbocycles. The molecule has 0 aliphatic carbocycles. The van der Waals surface area contributed by atoms with Crippen LogP contribution in [-0.2, 0) is 14.8 Å². The van der Waals surface area contributed by atoms with Crippen LogP contribution in [0.15, 0.2) is 23.1 Å². The predicted molar refractivity (Wildman–Crippen MR) is 59.8 cm³/mol. The number of carbonyl (C=O) groups excluding carboxylic acids is 1. The fraction of sp³-hybridized carbons (Fsp3) is 0.222. The van der Waals surface area contributed by atoms with Crippen LogP contribution in [0.5, 0.6) is 0 Å². The van der Waals surface area contributed by atoms with Gasteiger partial charge in [-0.25, -0.2) is 17.5 Å². The van der Waals surface area contributed by atoms with E-state index < -0.39 is 21.7 Å². The van der Waals surface area contributed by atoms with Gasteiger partial charge in [-0.15, -0.1) is 0 Å². The number of nitrogens with one attached hydrogen (secondary N) is 1. The minimum Gasteiger partial charge on any atom is -0.396 e. The molecule has 0 unspecified atom stereocenters. The highest BCUT2D eigenvalue weighted by molar-refractivity contribution is 7.89. The summed E-state index contributed by atoms with van der Waals surface area (Å²) in [6, 6.07) is 3.13. The van der Waals surface area contributed by atoms with E-state index >= 15 is 0 Å². The van der Waals surface area contributed by atoms with Gasteiger partial charge in [-0.1, -0.05) is 0 Å². The summed E-state index contributed by atoms with van der Waals surface area (Å²) in [5, 5.41) is 0. The second-order valence-electron chi connectivity index (χ2n) is 3.30.